The van der Waals surface area contributed by atoms with Crippen molar-refractivity contribution in [3.05, 3.63) is 65.7 Å². The van der Waals surface area contributed by atoms with Crippen LogP contribution in [0.4, 0.5) is 0 Å². The lowest BCUT2D eigenvalue weighted by molar-refractivity contribution is -0.123. The zero-order valence-electron chi connectivity index (χ0n) is 19.0. The van der Waals surface area contributed by atoms with Gasteiger partial charge in [-0.3, -0.25) is 14.5 Å². The van der Waals surface area contributed by atoms with E-state index >= 15 is 0 Å². The highest BCUT2D eigenvalue weighted by atomic mass is 16.5. The predicted octanol–water partition coefficient (Wildman–Crippen LogP) is 3.47. The summed E-state index contributed by atoms with van der Waals surface area (Å²) in [5, 5.41) is 2.99. The first-order valence-electron chi connectivity index (χ1n) is 11.6. The van der Waals surface area contributed by atoms with E-state index in [4.69, 9.17) is 4.74 Å². The standard InChI is InChI=1S/C26H33N3O3/c1-3-20(2)27-24(30)18-29-19-26(32-23-12-8-7-11-22(23)25(29)31)13-15-28(16-14-26)17-21-9-5-4-6-10-21/h4-12,20H,3,13-19H2,1-2H3,(H,27,30)/t20-/m0/s1. The number of hydrogen-bond donors (Lipinski definition) is 1. The van der Waals surface area contributed by atoms with Gasteiger partial charge in [0.2, 0.25) is 5.91 Å². The number of likely N-dealkylation sites (tertiary alicyclic amines) is 1. The number of carbonyl (C=O) groups excluding carboxylic acids is 2. The van der Waals surface area contributed by atoms with E-state index in [1.54, 1.807) is 11.0 Å². The smallest absolute Gasteiger partial charge is 0.258 e. The van der Waals surface area contributed by atoms with E-state index in [1.807, 2.05) is 38.1 Å². The maximum atomic E-state index is 13.3. The van der Waals surface area contributed by atoms with Crippen LogP contribution in [0.1, 0.15) is 49.0 Å². The van der Waals surface area contributed by atoms with E-state index in [-0.39, 0.29) is 24.4 Å². The molecule has 1 N–H and O–H groups in total. The Labute approximate surface area is 190 Å². The summed E-state index contributed by atoms with van der Waals surface area (Å²) in [6.45, 7) is 7.17. The van der Waals surface area contributed by atoms with Gasteiger partial charge in [-0.2, -0.15) is 0 Å². The zero-order chi connectivity index (χ0) is 22.6. The molecule has 6 nitrogen and oxygen atoms in total. The number of fused-ring (bicyclic) bond motifs is 1. The SMILES string of the molecule is CC[C@H](C)NC(=O)CN1CC2(CCN(Cc3ccccc3)CC2)Oc2ccccc2C1=O. The molecule has 1 atom stereocenters. The van der Waals surface area contributed by atoms with Crippen LogP contribution in [-0.2, 0) is 11.3 Å². The summed E-state index contributed by atoms with van der Waals surface area (Å²) in [4.78, 5) is 30.0. The van der Waals surface area contributed by atoms with Crippen molar-refractivity contribution in [3.8, 4) is 5.75 Å². The van der Waals surface area contributed by atoms with Crippen LogP contribution in [0, 0.1) is 0 Å². The average molecular weight is 436 g/mol. The van der Waals surface area contributed by atoms with Crippen LogP contribution in [-0.4, -0.2) is 59.4 Å². The van der Waals surface area contributed by atoms with Crippen LogP contribution < -0.4 is 10.1 Å². The number of nitrogens with zero attached hydrogens (tertiary/aromatic N) is 2. The second-order valence-corrected chi connectivity index (χ2v) is 9.08. The van der Waals surface area contributed by atoms with Gasteiger partial charge in [-0.1, -0.05) is 49.4 Å². The van der Waals surface area contributed by atoms with Crippen LogP contribution in [0.3, 0.4) is 0 Å². The third-order valence-corrected chi connectivity index (χ3v) is 6.58. The van der Waals surface area contributed by atoms with Crippen molar-refractivity contribution in [1.29, 1.82) is 0 Å². The molecule has 0 aliphatic carbocycles. The number of hydrogen-bond acceptors (Lipinski definition) is 4. The molecular formula is C26H33N3O3. The molecule has 2 aromatic carbocycles. The topological polar surface area (TPSA) is 61.9 Å². The number of benzene rings is 2. The van der Waals surface area contributed by atoms with Crippen LogP contribution >= 0.6 is 0 Å². The molecule has 170 valence electrons. The van der Waals surface area contributed by atoms with Crippen LogP contribution in [0.25, 0.3) is 0 Å². The molecule has 2 aliphatic rings. The van der Waals surface area contributed by atoms with Crippen LogP contribution in [0.2, 0.25) is 0 Å². The quantitative estimate of drug-likeness (QED) is 0.755. The minimum absolute atomic E-state index is 0.0519. The number of ether oxygens (including phenoxy) is 1. The maximum absolute atomic E-state index is 13.3. The van der Waals surface area contributed by atoms with Gasteiger partial charge in [-0.25, -0.2) is 0 Å². The van der Waals surface area contributed by atoms with Gasteiger partial charge < -0.3 is 15.0 Å². The molecule has 0 aromatic heterocycles. The van der Waals surface area contributed by atoms with E-state index in [1.165, 1.54) is 5.56 Å². The molecule has 2 amide bonds. The number of rotatable bonds is 6. The second-order valence-electron chi connectivity index (χ2n) is 9.08. The van der Waals surface area contributed by atoms with Gasteiger partial charge >= 0.3 is 0 Å². The molecule has 32 heavy (non-hydrogen) atoms. The Bertz CT molecular complexity index is 938. The maximum Gasteiger partial charge on any atom is 0.258 e. The lowest BCUT2D eigenvalue weighted by Crippen LogP contribution is -2.55. The summed E-state index contributed by atoms with van der Waals surface area (Å²) in [6.07, 6.45) is 2.47. The lowest BCUT2D eigenvalue weighted by Gasteiger charge is -2.42. The molecule has 4 rings (SSSR count). The van der Waals surface area contributed by atoms with Crippen LogP contribution in [0.15, 0.2) is 54.6 Å². The highest BCUT2D eigenvalue weighted by molar-refractivity contribution is 5.99. The minimum Gasteiger partial charge on any atom is -0.484 e. The summed E-state index contributed by atoms with van der Waals surface area (Å²) >= 11 is 0. The average Bonchev–Trinajstić information content (AvgIpc) is 2.91. The number of nitrogens with one attached hydrogen (secondary N) is 1. The van der Waals surface area contributed by atoms with Crippen molar-refractivity contribution in [2.75, 3.05) is 26.2 Å². The van der Waals surface area contributed by atoms with E-state index in [0.717, 1.165) is 38.9 Å². The number of piperidine rings is 1. The Hall–Kier alpha value is -2.86. The number of carbonyl (C=O) groups is 2. The van der Waals surface area contributed by atoms with Crippen molar-refractivity contribution < 1.29 is 14.3 Å². The Kier molecular flexibility index (Phi) is 6.80. The Morgan fingerprint density at radius 1 is 1.09 bits per heavy atom. The molecule has 1 spiro atoms. The molecule has 1 saturated heterocycles. The fourth-order valence-corrected chi connectivity index (χ4v) is 4.53. The second kappa shape index (κ2) is 9.74. The molecule has 2 aliphatic heterocycles. The first-order chi connectivity index (χ1) is 15.5. The molecule has 1 fully saturated rings. The third-order valence-electron chi connectivity index (χ3n) is 6.58. The summed E-state index contributed by atoms with van der Waals surface area (Å²) in [5.41, 5.74) is 1.35. The van der Waals surface area contributed by atoms with E-state index in [2.05, 4.69) is 34.5 Å². The normalized spacial score (nSPS) is 19.1. The van der Waals surface area contributed by atoms with Crippen molar-refractivity contribution in [2.45, 2.75) is 51.3 Å². The first kappa shape index (κ1) is 22.3. The summed E-state index contributed by atoms with van der Waals surface area (Å²) in [7, 11) is 0. The Morgan fingerprint density at radius 3 is 2.50 bits per heavy atom. The molecule has 0 unspecified atom stereocenters. The van der Waals surface area contributed by atoms with Gasteiger partial charge in [0.25, 0.3) is 5.91 Å². The molecule has 0 bridgehead atoms. The highest BCUT2D eigenvalue weighted by Crippen LogP contribution is 2.35. The molecule has 6 heteroatoms. The number of para-hydroxylation sites is 1. The van der Waals surface area contributed by atoms with Crippen molar-refractivity contribution in [2.24, 2.45) is 0 Å². The van der Waals surface area contributed by atoms with Crippen molar-refractivity contribution in [1.82, 2.24) is 15.1 Å². The van der Waals surface area contributed by atoms with Gasteiger partial charge in [-0.05, 0) is 31.0 Å². The summed E-state index contributed by atoms with van der Waals surface area (Å²) in [5.74, 6) is 0.367. The summed E-state index contributed by atoms with van der Waals surface area (Å²) in [6, 6.07) is 18.0. The molecular weight excluding hydrogens is 402 g/mol. The predicted molar refractivity (Wildman–Crippen MR) is 125 cm³/mol. The molecule has 0 radical (unpaired) electrons. The van der Waals surface area contributed by atoms with Gasteiger partial charge in [0.05, 0.1) is 12.1 Å². The molecule has 0 saturated carbocycles. The lowest BCUT2D eigenvalue weighted by atomic mass is 9.90. The van der Waals surface area contributed by atoms with Crippen molar-refractivity contribution in [3.63, 3.8) is 0 Å². The largest absolute Gasteiger partial charge is 0.484 e. The third kappa shape index (κ3) is 5.13. The monoisotopic (exact) mass is 435 g/mol. The van der Waals surface area contributed by atoms with E-state index in [9.17, 15) is 9.59 Å². The highest BCUT2D eigenvalue weighted by Gasteiger charge is 2.43. The zero-order valence-corrected chi connectivity index (χ0v) is 19.0. The minimum atomic E-state index is -0.480. The van der Waals surface area contributed by atoms with Gasteiger partial charge in [-0.15, -0.1) is 0 Å². The fourth-order valence-electron chi connectivity index (χ4n) is 4.53. The van der Waals surface area contributed by atoms with E-state index in [0.29, 0.717) is 17.9 Å². The van der Waals surface area contributed by atoms with Gasteiger partial charge in [0.15, 0.2) is 0 Å². The Morgan fingerprint density at radius 2 is 1.78 bits per heavy atom. The number of amides is 2. The fraction of sp³-hybridized carbons (Fsp3) is 0.462. The van der Waals surface area contributed by atoms with E-state index < -0.39 is 5.60 Å². The first-order valence-corrected chi connectivity index (χ1v) is 11.6. The molecule has 2 aromatic rings. The van der Waals surface area contributed by atoms with Crippen LogP contribution in [0.5, 0.6) is 5.75 Å². The van der Waals surface area contributed by atoms with Gasteiger partial charge in [0.1, 0.15) is 17.9 Å². The summed E-state index contributed by atoms with van der Waals surface area (Å²) < 4.78 is 6.55. The molecule has 2 heterocycles. The van der Waals surface area contributed by atoms with Gasteiger partial charge in [0, 0.05) is 38.5 Å². The van der Waals surface area contributed by atoms with Crippen molar-refractivity contribution >= 4 is 11.8 Å². The Balaban J connectivity index is 1.50.